The van der Waals surface area contributed by atoms with Crippen LogP contribution in [0, 0.1) is 6.92 Å². The minimum Gasteiger partial charge on any atom is -0.490 e. The molecule has 2 N–H and O–H groups in total. The Morgan fingerprint density at radius 3 is 2.59 bits per heavy atom. The SMILES string of the molecule is Cc1ccc(NC(=O)N2CCOc3cc(C(F)(F)F)ccc32)cc1-c1ccc2c(c1)OC1(CCOCC1)CC(=O)N2. The number of amides is 3. The summed E-state index contributed by atoms with van der Waals surface area (Å²) in [6, 6.07) is 13.7. The molecule has 0 radical (unpaired) electrons. The summed E-state index contributed by atoms with van der Waals surface area (Å²) in [6.07, 6.45) is -3.03. The molecule has 0 saturated carbocycles. The van der Waals surface area contributed by atoms with Crippen LogP contribution in [0.4, 0.5) is 35.0 Å². The highest BCUT2D eigenvalue weighted by Gasteiger charge is 2.40. The molecule has 3 aromatic rings. The summed E-state index contributed by atoms with van der Waals surface area (Å²) in [5, 5.41) is 5.81. The van der Waals surface area contributed by atoms with E-state index >= 15 is 0 Å². The lowest BCUT2D eigenvalue weighted by Crippen LogP contribution is -2.43. The number of anilines is 3. The predicted molar refractivity (Wildman–Crippen MR) is 147 cm³/mol. The van der Waals surface area contributed by atoms with E-state index in [-0.39, 0.29) is 36.9 Å². The van der Waals surface area contributed by atoms with Crippen LogP contribution >= 0.6 is 0 Å². The molecular formula is C30H28F3N3O5. The molecule has 214 valence electrons. The second kappa shape index (κ2) is 10.3. The number of hydrogen-bond donors (Lipinski definition) is 2. The third kappa shape index (κ3) is 5.41. The van der Waals surface area contributed by atoms with Gasteiger partial charge in [0.05, 0.1) is 43.1 Å². The number of fused-ring (bicyclic) bond motifs is 2. The van der Waals surface area contributed by atoms with E-state index in [2.05, 4.69) is 10.6 Å². The molecule has 0 aliphatic carbocycles. The van der Waals surface area contributed by atoms with Gasteiger partial charge >= 0.3 is 12.2 Å². The Balaban J connectivity index is 1.26. The van der Waals surface area contributed by atoms with Crippen LogP contribution in [0.5, 0.6) is 11.5 Å². The van der Waals surface area contributed by atoms with Crippen LogP contribution < -0.4 is 25.0 Å². The largest absolute Gasteiger partial charge is 0.490 e. The smallest absolute Gasteiger partial charge is 0.416 e. The Labute approximate surface area is 234 Å². The first-order valence-corrected chi connectivity index (χ1v) is 13.3. The molecule has 3 aliphatic rings. The van der Waals surface area contributed by atoms with Gasteiger partial charge in [-0.1, -0.05) is 12.1 Å². The van der Waals surface area contributed by atoms with Crippen molar-refractivity contribution in [3.63, 3.8) is 0 Å². The van der Waals surface area contributed by atoms with Crippen LogP contribution in [0.25, 0.3) is 11.1 Å². The van der Waals surface area contributed by atoms with Crippen molar-refractivity contribution in [2.75, 3.05) is 41.9 Å². The number of carbonyl (C=O) groups excluding carboxylic acids is 2. The maximum Gasteiger partial charge on any atom is 0.416 e. The van der Waals surface area contributed by atoms with E-state index < -0.39 is 23.4 Å². The minimum absolute atomic E-state index is 0.00480. The van der Waals surface area contributed by atoms with Gasteiger partial charge < -0.3 is 24.8 Å². The van der Waals surface area contributed by atoms with Crippen LogP contribution in [0.15, 0.2) is 54.6 Å². The van der Waals surface area contributed by atoms with E-state index in [1.807, 2.05) is 37.3 Å². The van der Waals surface area contributed by atoms with Crippen molar-refractivity contribution < 1.29 is 37.0 Å². The summed E-state index contributed by atoms with van der Waals surface area (Å²) < 4.78 is 56.9. The van der Waals surface area contributed by atoms with Gasteiger partial charge in [0.1, 0.15) is 23.7 Å². The molecule has 3 heterocycles. The second-order valence-corrected chi connectivity index (χ2v) is 10.5. The molecule has 3 amide bonds. The van der Waals surface area contributed by atoms with Crippen molar-refractivity contribution in [1.82, 2.24) is 0 Å². The van der Waals surface area contributed by atoms with Crippen LogP contribution in [-0.2, 0) is 15.7 Å². The first-order chi connectivity index (χ1) is 19.6. The van der Waals surface area contributed by atoms with Gasteiger partial charge in [0.25, 0.3) is 0 Å². The van der Waals surface area contributed by atoms with Gasteiger partial charge in [0, 0.05) is 18.5 Å². The Hall–Kier alpha value is -4.25. The van der Waals surface area contributed by atoms with E-state index in [0.29, 0.717) is 43.2 Å². The van der Waals surface area contributed by atoms with Gasteiger partial charge in [0.2, 0.25) is 5.91 Å². The second-order valence-electron chi connectivity index (χ2n) is 10.5. The zero-order valence-corrected chi connectivity index (χ0v) is 22.3. The summed E-state index contributed by atoms with van der Waals surface area (Å²) >= 11 is 0. The number of nitrogens with zero attached hydrogens (tertiary/aromatic N) is 1. The zero-order chi connectivity index (χ0) is 28.8. The van der Waals surface area contributed by atoms with Crippen molar-refractivity contribution in [2.24, 2.45) is 0 Å². The van der Waals surface area contributed by atoms with Gasteiger partial charge in [-0.2, -0.15) is 13.2 Å². The summed E-state index contributed by atoms with van der Waals surface area (Å²) in [5.41, 5.74) is 2.57. The number of ether oxygens (including phenoxy) is 3. The number of nitrogens with one attached hydrogen (secondary N) is 2. The van der Waals surface area contributed by atoms with Crippen molar-refractivity contribution >= 4 is 29.0 Å². The van der Waals surface area contributed by atoms with E-state index in [0.717, 1.165) is 28.8 Å². The Morgan fingerprint density at radius 1 is 1.00 bits per heavy atom. The highest BCUT2D eigenvalue weighted by molar-refractivity contribution is 6.03. The summed E-state index contributed by atoms with van der Waals surface area (Å²) in [4.78, 5) is 27.2. The zero-order valence-electron chi connectivity index (χ0n) is 22.3. The molecule has 0 atom stereocenters. The number of rotatable bonds is 2. The molecule has 0 bridgehead atoms. The fourth-order valence-electron chi connectivity index (χ4n) is 5.47. The molecule has 1 fully saturated rings. The Kier molecular flexibility index (Phi) is 6.77. The standard InChI is InChI=1S/C30H28F3N3O5/c1-18-2-5-21(34-28(38)36-10-13-40-26-15-20(30(31,32)33)4-7-24(26)36)16-22(18)19-3-6-23-25(14-19)41-29(17-27(37)35-23)8-11-39-12-9-29/h2-7,14-16H,8-13,17H2,1H3,(H,34,38)(H,35,37). The average molecular weight is 568 g/mol. The number of hydrogen-bond acceptors (Lipinski definition) is 5. The molecule has 8 nitrogen and oxygen atoms in total. The van der Waals surface area contributed by atoms with Crippen LogP contribution in [0.1, 0.15) is 30.4 Å². The maximum absolute atomic E-state index is 13.2. The van der Waals surface area contributed by atoms with Crippen molar-refractivity contribution in [1.29, 1.82) is 0 Å². The van der Waals surface area contributed by atoms with Crippen molar-refractivity contribution in [2.45, 2.75) is 38.0 Å². The number of carbonyl (C=O) groups is 2. The van der Waals surface area contributed by atoms with Crippen molar-refractivity contribution in [3.05, 3.63) is 65.7 Å². The van der Waals surface area contributed by atoms with Gasteiger partial charge in [-0.05, 0) is 66.1 Å². The number of urea groups is 1. The lowest BCUT2D eigenvalue weighted by molar-refractivity contribution is -0.137. The molecule has 1 saturated heterocycles. The Morgan fingerprint density at radius 2 is 1.80 bits per heavy atom. The molecule has 11 heteroatoms. The maximum atomic E-state index is 13.2. The third-order valence-corrected chi connectivity index (χ3v) is 7.66. The van der Waals surface area contributed by atoms with Crippen LogP contribution in [0.3, 0.4) is 0 Å². The number of halogens is 3. The molecular weight excluding hydrogens is 539 g/mol. The van der Waals surface area contributed by atoms with Crippen LogP contribution in [0.2, 0.25) is 0 Å². The normalized spacial score (nSPS) is 17.9. The predicted octanol–water partition coefficient (Wildman–Crippen LogP) is 6.38. The minimum atomic E-state index is -4.51. The van der Waals surface area contributed by atoms with E-state index in [1.165, 1.54) is 11.0 Å². The highest BCUT2D eigenvalue weighted by atomic mass is 19.4. The van der Waals surface area contributed by atoms with E-state index in [9.17, 15) is 22.8 Å². The van der Waals surface area contributed by atoms with Gasteiger partial charge in [-0.25, -0.2) is 4.79 Å². The van der Waals surface area contributed by atoms with Crippen molar-refractivity contribution in [3.8, 4) is 22.6 Å². The van der Waals surface area contributed by atoms with Gasteiger partial charge in [-0.15, -0.1) is 0 Å². The third-order valence-electron chi connectivity index (χ3n) is 7.66. The highest BCUT2D eigenvalue weighted by Crippen LogP contribution is 2.42. The molecule has 3 aliphatic heterocycles. The quantitative estimate of drug-likeness (QED) is 0.375. The monoisotopic (exact) mass is 567 g/mol. The summed E-state index contributed by atoms with van der Waals surface area (Å²) in [7, 11) is 0. The molecule has 41 heavy (non-hydrogen) atoms. The molecule has 0 aromatic heterocycles. The number of alkyl halides is 3. The lowest BCUT2D eigenvalue weighted by Gasteiger charge is -2.35. The molecule has 0 unspecified atom stereocenters. The van der Waals surface area contributed by atoms with Gasteiger partial charge in [0.15, 0.2) is 0 Å². The Bertz CT molecular complexity index is 1520. The number of aryl methyl sites for hydroxylation is 1. The average Bonchev–Trinajstić information content (AvgIpc) is 3.07. The van der Waals surface area contributed by atoms with E-state index in [1.54, 1.807) is 6.07 Å². The number of benzene rings is 3. The first-order valence-electron chi connectivity index (χ1n) is 13.3. The first kappa shape index (κ1) is 26.9. The van der Waals surface area contributed by atoms with Crippen LogP contribution in [-0.4, -0.2) is 43.9 Å². The molecule has 6 rings (SSSR count). The van der Waals surface area contributed by atoms with Gasteiger partial charge in [-0.3, -0.25) is 9.69 Å². The van der Waals surface area contributed by atoms with E-state index in [4.69, 9.17) is 14.2 Å². The molecule has 1 spiro atoms. The topological polar surface area (TPSA) is 89.1 Å². The fraction of sp³-hybridized carbons (Fsp3) is 0.333. The summed E-state index contributed by atoms with van der Waals surface area (Å²) in [6.45, 7) is 3.26. The lowest BCUT2D eigenvalue weighted by atomic mass is 9.90. The fourth-order valence-corrected chi connectivity index (χ4v) is 5.47. The summed E-state index contributed by atoms with van der Waals surface area (Å²) in [5.74, 6) is 0.482. The molecule has 3 aromatic carbocycles.